The van der Waals surface area contributed by atoms with Crippen LogP contribution in [0.1, 0.15) is 38.9 Å². The van der Waals surface area contributed by atoms with Crippen molar-refractivity contribution in [2.24, 2.45) is 0 Å². The number of methoxy groups -OCH3 is 1. The number of benzene rings is 2. The van der Waals surface area contributed by atoms with Gasteiger partial charge >= 0.3 is 5.97 Å². The van der Waals surface area contributed by atoms with Crippen LogP contribution in [0.5, 0.6) is 0 Å². The standard InChI is InChI=1S/C20H19NO3/c1-4-21-13(2)18(16-7-5-6-8-17(16)21)19(22)14-9-11-15(12-10-14)20(23)24-3/h5-12H,4H2,1-3H3. The summed E-state index contributed by atoms with van der Waals surface area (Å²) in [4.78, 5) is 24.6. The number of esters is 1. The number of hydrogen-bond donors (Lipinski definition) is 0. The first-order chi connectivity index (χ1) is 11.6. The van der Waals surface area contributed by atoms with Crippen LogP contribution in [-0.4, -0.2) is 23.4 Å². The van der Waals surface area contributed by atoms with Crippen molar-refractivity contribution < 1.29 is 14.3 Å². The van der Waals surface area contributed by atoms with E-state index in [-0.39, 0.29) is 5.78 Å². The Labute approximate surface area is 140 Å². The molecule has 0 spiro atoms. The first kappa shape index (κ1) is 16.0. The maximum atomic E-state index is 13.0. The van der Waals surface area contributed by atoms with Gasteiger partial charge in [0.05, 0.1) is 18.2 Å². The Morgan fingerprint density at radius 2 is 1.62 bits per heavy atom. The van der Waals surface area contributed by atoms with Crippen molar-refractivity contribution in [3.05, 3.63) is 70.9 Å². The molecule has 1 heterocycles. The number of aromatic nitrogens is 1. The highest BCUT2D eigenvalue weighted by Crippen LogP contribution is 2.28. The third kappa shape index (κ3) is 2.50. The summed E-state index contributed by atoms with van der Waals surface area (Å²) in [7, 11) is 1.34. The fourth-order valence-electron chi connectivity index (χ4n) is 3.14. The highest BCUT2D eigenvalue weighted by molar-refractivity contribution is 6.17. The van der Waals surface area contributed by atoms with Crippen LogP contribution in [0.4, 0.5) is 0 Å². The van der Waals surface area contributed by atoms with Crippen LogP contribution in [0, 0.1) is 6.92 Å². The van der Waals surface area contributed by atoms with Crippen LogP contribution in [-0.2, 0) is 11.3 Å². The van der Waals surface area contributed by atoms with Crippen molar-refractivity contribution in [1.29, 1.82) is 0 Å². The van der Waals surface area contributed by atoms with Gasteiger partial charge in [0.2, 0.25) is 0 Å². The molecule has 3 rings (SSSR count). The molecule has 0 bridgehead atoms. The second kappa shape index (κ2) is 6.32. The van der Waals surface area contributed by atoms with Gasteiger partial charge in [-0.05, 0) is 32.0 Å². The highest BCUT2D eigenvalue weighted by atomic mass is 16.5. The lowest BCUT2D eigenvalue weighted by molar-refractivity contribution is 0.0600. The summed E-state index contributed by atoms with van der Waals surface area (Å²) in [5.74, 6) is -0.444. The fourth-order valence-corrected chi connectivity index (χ4v) is 3.14. The van der Waals surface area contributed by atoms with Crippen LogP contribution < -0.4 is 0 Å². The molecule has 3 aromatic rings. The van der Waals surface area contributed by atoms with E-state index in [1.807, 2.05) is 31.2 Å². The van der Waals surface area contributed by atoms with Crippen LogP contribution >= 0.6 is 0 Å². The average Bonchev–Trinajstić information content (AvgIpc) is 2.91. The number of aryl methyl sites for hydroxylation is 1. The van der Waals surface area contributed by atoms with Gasteiger partial charge in [0.25, 0.3) is 0 Å². The van der Waals surface area contributed by atoms with E-state index in [2.05, 4.69) is 16.2 Å². The lowest BCUT2D eigenvalue weighted by atomic mass is 9.99. The van der Waals surface area contributed by atoms with E-state index in [1.54, 1.807) is 24.3 Å². The van der Waals surface area contributed by atoms with Gasteiger partial charge in [-0.25, -0.2) is 4.79 Å². The predicted octanol–water partition coefficient (Wildman–Crippen LogP) is 3.99. The summed E-state index contributed by atoms with van der Waals surface area (Å²) in [5, 5.41) is 0.957. The van der Waals surface area contributed by atoms with Gasteiger partial charge in [0.1, 0.15) is 0 Å². The zero-order chi connectivity index (χ0) is 17.3. The molecular weight excluding hydrogens is 302 g/mol. The molecule has 0 amide bonds. The van der Waals surface area contributed by atoms with Gasteiger partial charge in [-0.1, -0.05) is 30.3 Å². The molecule has 1 aromatic heterocycles. The van der Waals surface area contributed by atoms with E-state index < -0.39 is 5.97 Å². The van der Waals surface area contributed by atoms with Gasteiger partial charge in [-0.15, -0.1) is 0 Å². The normalized spacial score (nSPS) is 10.8. The SMILES string of the molecule is CCn1c(C)c(C(=O)c2ccc(C(=O)OC)cc2)c2ccccc21. The first-order valence-electron chi connectivity index (χ1n) is 7.89. The molecule has 0 saturated carbocycles. The second-order valence-corrected chi connectivity index (χ2v) is 5.62. The first-order valence-corrected chi connectivity index (χ1v) is 7.89. The number of rotatable bonds is 4. The van der Waals surface area contributed by atoms with E-state index in [0.717, 1.165) is 28.7 Å². The fraction of sp³-hybridized carbons (Fsp3) is 0.200. The van der Waals surface area contributed by atoms with E-state index in [0.29, 0.717) is 11.1 Å². The van der Waals surface area contributed by atoms with Crippen molar-refractivity contribution >= 4 is 22.7 Å². The molecule has 4 heteroatoms. The van der Waals surface area contributed by atoms with Crippen molar-refractivity contribution in [3.63, 3.8) is 0 Å². The molecule has 0 N–H and O–H groups in total. The van der Waals surface area contributed by atoms with Crippen LogP contribution in [0.3, 0.4) is 0 Å². The molecule has 0 aliphatic heterocycles. The molecule has 122 valence electrons. The summed E-state index contributed by atoms with van der Waals surface area (Å²) in [6.45, 7) is 4.85. The number of para-hydroxylation sites is 1. The third-order valence-corrected chi connectivity index (χ3v) is 4.34. The number of ether oxygens (including phenoxy) is 1. The Kier molecular flexibility index (Phi) is 4.21. The Morgan fingerprint density at radius 1 is 1.00 bits per heavy atom. The lowest BCUT2D eigenvalue weighted by Gasteiger charge is -2.05. The van der Waals surface area contributed by atoms with Gasteiger partial charge in [-0.2, -0.15) is 0 Å². The molecule has 0 radical (unpaired) electrons. The summed E-state index contributed by atoms with van der Waals surface area (Å²) in [6.07, 6.45) is 0. The highest BCUT2D eigenvalue weighted by Gasteiger charge is 2.20. The molecular formula is C20H19NO3. The summed E-state index contributed by atoms with van der Waals surface area (Å²) < 4.78 is 6.83. The molecule has 0 aliphatic rings. The zero-order valence-corrected chi connectivity index (χ0v) is 14.0. The molecule has 4 nitrogen and oxygen atoms in total. The number of fused-ring (bicyclic) bond motifs is 1. The van der Waals surface area contributed by atoms with Gasteiger partial charge < -0.3 is 9.30 Å². The van der Waals surface area contributed by atoms with Crippen molar-refractivity contribution in [2.75, 3.05) is 7.11 Å². The quantitative estimate of drug-likeness (QED) is 0.539. The summed E-state index contributed by atoms with van der Waals surface area (Å²) in [6, 6.07) is 14.5. The van der Waals surface area contributed by atoms with Crippen LogP contribution in [0.2, 0.25) is 0 Å². The molecule has 2 aromatic carbocycles. The molecule has 0 unspecified atom stereocenters. The van der Waals surface area contributed by atoms with E-state index in [9.17, 15) is 9.59 Å². The van der Waals surface area contributed by atoms with Crippen molar-refractivity contribution in [1.82, 2.24) is 4.57 Å². The van der Waals surface area contributed by atoms with Gasteiger partial charge in [0.15, 0.2) is 5.78 Å². The van der Waals surface area contributed by atoms with Crippen LogP contribution in [0.15, 0.2) is 48.5 Å². The molecule has 0 saturated heterocycles. The number of hydrogen-bond acceptors (Lipinski definition) is 3. The smallest absolute Gasteiger partial charge is 0.337 e. The minimum atomic E-state index is -0.409. The van der Waals surface area contributed by atoms with Gasteiger partial charge in [0, 0.05) is 28.7 Å². The van der Waals surface area contributed by atoms with Crippen molar-refractivity contribution in [2.45, 2.75) is 20.4 Å². The van der Waals surface area contributed by atoms with Crippen molar-refractivity contribution in [3.8, 4) is 0 Å². The topological polar surface area (TPSA) is 48.3 Å². The van der Waals surface area contributed by atoms with Crippen LogP contribution in [0.25, 0.3) is 10.9 Å². The zero-order valence-electron chi connectivity index (χ0n) is 14.0. The Bertz CT molecular complexity index is 920. The third-order valence-electron chi connectivity index (χ3n) is 4.34. The number of carbonyl (C=O) groups is 2. The molecule has 0 aliphatic carbocycles. The molecule has 0 atom stereocenters. The maximum absolute atomic E-state index is 13.0. The minimum Gasteiger partial charge on any atom is -0.465 e. The lowest BCUT2D eigenvalue weighted by Crippen LogP contribution is -2.06. The Morgan fingerprint density at radius 3 is 2.25 bits per heavy atom. The maximum Gasteiger partial charge on any atom is 0.337 e. The monoisotopic (exact) mass is 321 g/mol. The molecule has 24 heavy (non-hydrogen) atoms. The summed E-state index contributed by atoms with van der Waals surface area (Å²) >= 11 is 0. The largest absolute Gasteiger partial charge is 0.465 e. The number of nitrogens with zero attached hydrogens (tertiary/aromatic N) is 1. The number of ketones is 1. The van der Waals surface area contributed by atoms with E-state index >= 15 is 0 Å². The van der Waals surface area contributed by atoms with E-state index in [1.165, 1.54) is 7.11 Å². The second-order valence-electron chi connectivity index (χ2n) is 5.62. The minimum absolute atomic E-state index is 0.0349. The number of carbonyl (C=O) groups excluding carboxylic acids is 2. The molecule has 0 fully saturated rings. The van der Waals surface area contributed by atoms with E-state index in [4.69, 9.17) is 0 Å². The Balaban J connectivity index is 2.09. The predicted molar refractivity (Wildman–Crippen MR) is 93.6 cm³/mol. The Hall–Kier alpha value is -2.88. The van der Waals surface area contributed by atoms with Gasteiger partial charge in [-0.3, -0.25) is 4.79 Å². The average molecular weight is 321 g/mol. The summed E-state index contributed by atoms with van der Waals surface area (Å²) in [5.41, 5.74) is 3.73.